The maximum absolute atomic E-state index is 12.8. The van der Waals surface area contributed by atoms with Crippen LogP contribution in [0.25, 0.3) is 0 Å². The molecule has 0 bridgehead atoms. The molecule has 6 heteroatoms. The number of aryl methyl sites for hydroxylation is 1. The Morgan fingerprint density at radius 3 is 2.78 bits per heavy atom. The Balaban J connectivity index is 1.68. The summed E-state index contributed by atoms with van der Waals surface area (Å²) in [6.45, 7) is 9.53. The Morgan fingerprint density at radius 2 is 2.09 bits per heavy atom. The molecule has 6 nitrogen and oxygen atoms in total. The van der Waals surface area contributed by atoms with E-state index in [1.54, 1.807) is 7.11 Å². The van der Waals surface area contributed by atoms with Crippen LogP contribution in [-0.2, 0) is 16.1 Å². The summed E-state index contributed by atoms with van der Waals surface area (Å²) in [6, 6.07) is 2.24. The Kier molecular flexibility index (Phi) is 5.04. The molecule has 0 spiro atoms. The van der Waals surface area contributed by atoms with Crippen LogP contribution in [0, 0.1) is 12.8 Å². The Morgan fingerprint density at radius 1 is 1.35 bits per heavy atom. The average molecular weight is 322 g/mol. The van der Waals surface area contributed by atoms with E-state index in [0.717, 1.165) is 39.4 Å². The summed E-state index contributed by atoms with van der Waals surface area (Å²) in [5.41, 5.74) is 0.659. The van der Waals surface area contributed by atoms with Crippen LogP contribution in [0.5, 0.6) is 0 Å². The summed E-state index contributed by atoms with van der Waals surface area (Å²) in [6.07, 6.45) is 0. The van der Waals surface area contributed by atoms with Crippen molar-refractivity contribution in [2.24, 2.45) is 5.92 Å². The Labute approximate surface area is 137 Å². The second kappa shape index (κ2) is 7.03. The molecular weight excluding hydrogens is 296 g/mol. The highest BCUT2D eigenvalue weighted by atomic mass is 16.5. The number of hydrogen-bond donors (Lipinski definition) is 0. The van der Waals surface area contributed by atoms with Gasteiger partial charge in [-0.15, -0.1) is 0 Å². The molecule has 1 aromatic rings. The fourth-order valence-corrected chi connectivity index (χ4v) is 3.64. The van der Waals surface area contributed by atoms with Crippen LogP contribution in [0.4, 0.5) is 0 Å². The molecule has 2 saturated heterocycles. The van der Waals surface area contributed by atoms with E-state index < -0.39 is 0 Å². The first-order chi connectivity index (χ1) is 11.1. The normalized spacial score (nSPS) is 26.0. The third-order valence-electron chi connectivity index (χ3n) is 4.86. The number of hydrogen-bond acceptors (Lipinski definition) is 5. The van der Waals surface area contributed by atoms with Crippen molar-refractivity contribution in [1.82, 2.24) is 9.80 Å². The van der Waals surface area contributed by atoms with Crippen LogP contribution < -0.4 is 0 Å². The fourth-order valence-electron chi connectivity index (χ4n) is 3.64. The van der Waals surface area contributed by atoms with Gasteiger partial charge in [0.2, 0.25) is 0 Å². The highest BCUT2D eigenvalue weighted by Crippen LogP contribution is 2.26. The quantitative estimate of drug-likeness (QED) is 0.841. The van der Waals surface area contributed by atoms with Crippen LogP contribution in [0.2, 0.25) is 0 Å². The Hall–Kier alpha value is -1.37. The highest BCUT2D eigenvalue weighted by Gasteiger charge is 2.37. The van der Waals surface area contributed by atoms with Gasteiger partial charge in [-0.3, -0.25) is 9.69 Å². The van der Waals surface area contributed by atoms with Gasteiger partial charge in [0.15, 0.2) is 0 Å². The van der Waals surface area contributed by atoms with Crippen molar-refractivity contribution in [3.8, 4) is 0 Å². The third kappa shape index (κ3) is 3.44. The fraction of sp³-hybridized carbons (Fsp3) is 0.706. The predicted octanol–water partition coefficient (Wildman–Crippen LogP) is 1.53. The summed E-state index contributed by atoms with van der Waals surface area (Å²) < 4.78 is 16.1. The van der Waals surface area contributed by atoms with Crippen molar-refractivity contribution in [3.63, 3.8) is 0 Å². The second-order valence-electron chi connectivity index (χ2n) is 6.52. The SMILES string of the molecule is COCc1cc(C(=O)N2C[C@@H](C)[C@@H](N3CCOCC3)C2)c(C)o1. The average Bonchev–Trinajstić information content (AvgIpc) is 3.11. The maximum Gasteiger partial charge on any atom is 0.257 e. The van der Waals surface area contributed by atoms with Gasteiger partial charge in [0.1, 0.15) is 18.1 Å². The van der Waals surface area contributed by atoms with Crippen LogP contribution in [0.15, 0.2) is 10.5 Å². The van der Waals surface area contributed by atoms with Gasteiger partial charge in [-0.1, -0.05) is 6.92 Å². The lowest BCUT2D eigenvalue weighted by Crippen LogP contribution is -2.47. The monoisotopic (exact) mass is 322 g/mol. The highest BCUT2D eigenvalue weighted by molar-refractivity contribution is 5.95. The standard InChI is InChI=1S/C17H26N2O4/c1-12-9-19(10-16(12)18-4-6-22-7-5-18)17(20)15-8-14(11-21-3)23-13(15)2/h8,12,16H,4-7,9-11H2,1-3H3/t12-,16+/m1/s1. The minimum Gasteiger partial charge on any atom is -0.463 e. The number of methoxy groups -OCH3 is 1. The van der Waals surface area contributed by atoms with Crippen LogP contribution >= 0.6 is 0 Å². The maximum atomic E-state index is 12.8. The molecule has 1 amide bonds. The first kappa shape index (κ1) is 16.5. The summed E-state index contributed by atoms with van der Waals surface area (Å²) >= 11 is 0. The minimum atomic E-state index is 0.0659. The zero-order valence-electron chi connectivity index (χ0n) is 14.2. The van der Waals surface area contributed by atoms with Crippen molar-refractivity contribution in [2.75, 3.05) is 46.5 Å². The van der Waals surface area contributed by atoms with Gasteiger partial charge in [0.05, 0.1) is 18.8 Å². The zero-order valence-corrected chi connectivity index (χ0v) is 14.2. The van der Waals surface area contributed by atoms with Crippen LogP contribution in [0.3, 0.4) is 0 Å². The molecule has 0 saturated carbocycles. The predicted molar refractivity (Wildman–Crippen MR) is 85.4 cm³/mol. The van der Waals surface area contributed by atoms with E-state index in [-0.39, 0.29) is 5.91 Å². The van der Waals surface area contributed by atoms with Gasteiger partial charge in [0.25, 0.3) is 5.91 Å². The molecule has 0 aromatic carbocycles. The number of carbonyl (C=O) groups excluding carboxylic acids is 1. The lowest BCUT2D eigenvalue weighted by molar-refractivity contribution is 0.0119. The van der Waals surface area contributed by atoms with Crippen molar-refractivity contribution in [1.29, 1.82) is 0 Å². The summed E-state index contributed by atoms with van der Waals surface area (Å²) in [4.78, 5) is 17.3. The first-order valence-electron chi connectivity index (χ1n) is 8.29. The zero-order chi connectivity index (χ0) is 16.4. The molecule has 0 unspecified atom stereocenters. The second-order valence-corrected chi connectivity index (χ2v) is 6.52. The summed E-state index contributed by atoms with van der Waals surface area (Å²) in [7, 11) is 1.62. The molecule has 2 aliphatic rings. The van der Waals surface area contributed by atoms with Gasteiger partial charge < -0.3 is 18.8 Å². The van der Waals surface area contributed by atoms with Crippen LogP contribution in [0.1, 0.15) is 28.8 Å². The lowest BCUT2D eigenvalue weighted by atomic mass is 10.0. The largest absolute Gasteiger partial charge is 0.463 e. The molecule has 128 valence electrons. The number of rotatable bonds is 4. The molecule has 0 radical (unpaired) electrons. The van der Waals surface area contributed by atoms with E-state index in [2.05, 4.69) is 11.8 Å². The number of amides is 1. The number of likely N-dealkylation sites (tertiary alicyclic amines) is 1. The molecule has 0 N–H and O–H groups in total. The van der Waals surface area contributed by atoms with Crippen LogP contribution in [-0.4, -0.2) is 68.3 Å². The number of furan rings is 1. The smallest absolute Gasteiger partial charge is 0.257 e. The molecule has 0 aliphatic carbocycles. The molecule has 2 atom stereocenters. The molecule has 2 fully saturated rings. The summed E-state index contributed by atoms with van der Waals surface area (Å²) in [5.74, 6) is 1.91. The lowest BCUT2D eigenvalue weighted by Gasteiger charge is -2.33. The van der Waals surface area contributed by atoms with Crippen molar-refractivity contribution in [3.05, 3.63) is 23.2 Å². The Bertz CT molecular complexity index is 551. The van der Waals surface area contributed by atoms with Gasteiger partial charge in [-0.2, -0.15) is 0 Å². The molecule has 3 heterocycles. The van der Waals surface area contributed by atoms with Gasteiger partial charge in [-0.05, 0) is 18.9 Å². The van der Waals surface area contributed by atoms with E-state index >= 15 is 0 Å². The molecule has 23 heavy (non-hydrogen) atoms. The van der Waals surface area contributed by atoms with Crippen molar-refractivity contribution >= 4 is 5.91 Å². The van der Waals surface area contributed by atoms with Crippen molar-refractivity contribution < 1.29 is 18.7 Å². The number of carbonyl (C=O) groups is 1. The van der Waals surface area contributed by atoms with E-state index in [0.29, 0.717) is 35.7 Å². The van der Waals surface area contributed by atoms with Gasteiger partial charge in [-0.25, -0.2) is 0 Å². The van der Waals surface area contributed by atoms with Crippen molar-refractivity contribution in [2.45, 2.75) is 26.5 Å². The number of ether oxygens (including phenoxy) is 2. The van der Waals surface area contributed by atoms with Gasteiger partial charge in [0, 0.05) is 39.3 Å². The van der Waals surface area contributed by atoms with Gasteiger partial charge >= 0.3 is 0 Å². The van der Waals surface area contributed by atoms with E-state index in [9.17, 15) is 4.79 Å². The molecule has 2 aliphatic heterocycles. The first-order valence-corrected chi connectivity index (χ1v) is 8.29. The molecule has 3 rings (SSSR count). The molecular formula is C17H26N2O4. The minimum absolute atomic E-state index is 0.0659. The molecule has 1 aromatic heterocycles. The van der Waals surface area contributed by atoms with E-state index in [1.807, 2.05) is 17.9 Å². The number of morpholine rings is 1. The van der Waals surface area contributed by atoms with E-state index in [4.69, 9.17) is 13.9 Å². The summed E-state index contributed by atoms with van der Waals surface area (Å²) in [5, 5.41) is 0. The van der Waals surface area contributed by atoms with E-state index in [1.165, 1.54) is 0 Å². The number of nitrogens with zero attached hydrogens (tertiary/aromatic N) is 2. The topological polar surface area (TPSA) is 55.2 Å². The third-order valence-corrected chi connectivity index (χ3v) is 4.86.